The standard InChI is InChI=1S/C36H40N4O3/c1-25-37-32-9-5-6-10-33(32)40(25)31-23-29-15-16-30(24-31)39(29)22-19-36(28-7-3-2-4-8-28)17-20-38(21-18-36)34(41)26-11-13-27(14-12-26)35(42)43/h2-14,29-31H,15-24H2,1H3,(H,42,43). The van der Waals surface area contributed by atoms with Crippen LogP contribution >= 0.6 is 0 Å². The van der Waals surface area contributed by atoms with Crippen LogP contribution in [0, 0.1) is 6.92 Å². The number of amides is 1. The summed E-state index contributed by atoms with van der Waals surface area (Å²) in [7, 11) is 0. The van der Waals surface area contributed by atoms with Crippen LogP contribution in [0.5, 0.6) is 0 Å². The number of aryl methyl sites for hydroxylation is 1. The number of fused-ring (bicyclic) bond motifs is 3. The Bertz CT molecular complexity index is 1610. The highest BCUT2D eigenvalue weighted by atomic mass is 16.4. The Morgan fingerprint density at radius 3 is 2.14 bits per heavy atom. The molecule has 0 radical (unpaired) electrons. The third kappa shape index (κ3) is 5.14. The molecule has 2 atom stereocenters. The predicted molar refractivity (Wildman–Crippen MR) is 168 cm³/mol. The number of benzene rings is 3. The lowest BCUT2D eigenvalue weighted by molar-refractivity contribution is 0.0605. The van der Waals surface area contributed by atoms with Gasteiger partial charge in [0.05, 0.1) is 16.6 Å². The second-order valence-corrected chi connectivity index (χ2v) is 12.8. The number of likely N-dealkylation sites (tertiary alicyclic amines) is 1. The Morgan fingerprint density at radius 1 is 0.837 bits per heavy atom. The maximum absolute atomic E-state index is 13.3. The van der Waals surface area contributed by atoms with Gasteiger partial charge in [-0.1, -0.05) is 42.5 Å². The number of rotatable bonds is 7. The number of carbonyl (C=O) groups excluding carboxylic acids is 1. The zero-order chi connectivity index (χ0) is 29.6. The van der Waals surface area contributed by atoms with Gasteiger partial charge in [-0.3, -0.25) is 9.69 Å². The quantitative estimate of drug-likeness (QED) is 0.273. The number of nitrogens with zero attached hydrogens (tertiary/aromatic N) is 4. The Labute approximate surface area is 253 Å². The van der Waals surface area contributed by atoms with Crippen LogP contribution in [0.25, 0.3) is 11.0 Å². The first kappa shape index (κ1) is 27.8. The summed E-state index contributed by atoms with van der Waals surface area (Å²) < 4.78 is 2.51. The van der Waals surface area contributed by atoms with Crippen LogP contribution in [0.4, 0.5) is 0 Å². The van der Waals surface area contributed by atoms with Gasteiger partial charge in [0.1, 0.15) is 5.82 Å². The van der Waals surface area contributed by atoms with E-state index in [0.717, 1.165) is 37.1 Å². The van der Waals surface area contributed by atoms with Crippen molar-refractivity contribution in [3.63, 3.8) is 0 Å². The Balaban J connectivity index is 1.05. The predicted octanol–water partition coefficient (Wildman–Crippen LogP) is 6.48. The van der Waals surface area contributed by atoms with E-state index < -0.39 is 5.97 Å². The van der Waals surface area contributed by atoms with E-state index in [1.807, 2.05) is 4.90 Å². The van der Waals surface area contributed by atoms with Crippen molar-refractivity contribution in [3.05, 3.63) is 101 Å². The molecule has 2 bridgehead atoms. The van der Waals surface area contributed by atoms with E-state index in [1.165, 1.54) is 48.9 Å². The highest BCUT2D eigenvalue weighted by molar-refractivity contribution is 5.96. The van der Waals surface area contributed by atoms with Gasteiger partial charge in [0, 0.05) is 36.8 Å². The topological polar surface area (TPSA) is 78.7 Å². The molecule has 7 nitrogen and oxygen atoms in total. The molecular weight excluding hydrogens is 536 g/mol. The number of aromatic carboxylic acids is 1. The van der Waals surface area contributed by atoms with Crippen molar-refractivity contribution in [2.75, 3.05) is 19.6 Å². The number of carboxylic acid groups (broad SMARTS) is 1. The second-order valence-electron chi connectivity index (χ2n) is 12.8. The van der Waals surface area contributed by atoms with E-state index in [1.54, 1.807) is 12.1 Å². The zero-order valence-electron chi connectivity index (χ0n) is 24.9. The van der Waals surface area contributed by atoms with Crippen molar-refractivity contribution in [2.24, 2.45) is 0 Å². The first-order chi connectivity index (χ1) is 20.9. The summed E-state index contributed by atoms with van der Waals surface area (Å²) in [6.45, 7) is 4.65. The van der Waals surface area contributed by atoms with Gasteiger partial charge >= 0.3 is 5.97 Å². The highest BCUT2D eigenvalue weighted by Crippen LogP contribution is 2.45. The lowest BCUT2D eigenvalue weighted by Gasteiger charge is -2.45. The molecule has 3 aliphatic heterocycles. The molecule has 222 valence electrons. The number of carbonyl (C=O) groups is 2. The van der Waals surface area contributed by atoms with E-state index in [9.17, 15) is 14.7 Å². The Morgan fingerprint density at radius 2 is 1.47 bits per heavy atom. The molecule has 3 aromatic carbocycles. The fraction of sp³-hybridized carbons (Fsp3) is 0.417. The normalized spacial score (nSPS) is 23.5. The van der Waals surface area contributed by atoms with Crippen LogP contribution < -0.4 is 0 Å². The molecule has 3 aliphatic rings. The van der Waals surface area contributed by atoms with Crippen molar-refractivity contribution >= 4 is 22.9 Å². The maximum Gasteiger partial charge on any atom is 0.335 e. The molecule has 43 heavy (non-hydrogen) atoms. The van der Waals surface area contributed by atoms with Crippen LogP contribution in [0.1, 0.15) is 83.1 Å². The number of piperidine rings is 2. The summed E-state index contributed by atoms with van der Waals surface area (Å²) in [4.78, 5) is 34.2. The molecule has 0 spiro atoms. The van der Waals surface area contributed by atoms with E-state index in [-0.39, 0.29) is 16.9 Å². The molecular formula is C36H40N4O3. The molecule has 4 heterocycles. The third-order valence-corrected chi connectivity index (χ3v) is 10.6. The van der Waals surface area contributed by atoms with E-state index in [2.05, 4.69) is 71.0 Å². The van der Waals surface area contributed by atoms with Crippen molar-refractivity contribution in [1.29, 1.82) is 0 Å². The van der Waals surface area contributed by atoms with Crippen molar-refractivity contribution in [2.45, 2.75) is 75.4 Å². The molecule has 1 amide bonds. The summed E-state index contributed by atoms with van der Waals surface area (Å²) in [5.41, 5.74) is 4.54. The molecule has 0 saturated carbocycles. The van der Waals surface area contributed by atoms with Crippen LogP contribution in [0.15, 0.2) is 78.9 Å². The minimum Gasteiger partial charge on any atom is -0.478 e. The molecule has 3 saturated heterocycles. The van der Waals surface area contributed by atoms with Crippen LogP contribution in [-0.4, -0.2) is 68.1 Å². The molecule has 7 rings (SSSR count). The van der Waals surface area contributed by atoms with Gasteiger partial charge in [-0.15, -0.1) is 0 Å². The smallest absolute Gasteiger partial charge is 0.335 e. The Kier molecular flexibility index (Phi) is 7.29. The first-order valence-corrected chi connectivity index (χ1v) is 15.8. The van der Waals surface area contributed by atoms with Crippen molar-refractivity contribution < 1.29 is 14.7 Å². The molecule has 3 fully saturated rings. The largest absolute Gasteiger partial charge is 0.478 e. The number of imidazole rings is 1. The lowest BCUT2D eigenvalue weighted by Crippen LogP contribution is -2.49. The number of hydrogen-bond acceptors (Lipinski definition) is 4. The van der Waals surface area contributed by atoms with Gasteiger partial charge < -0.3 is 14.6 Å². The molecule has 0 aliphatic carbocycles. The average molecular weight is 577 g/mol. The van der Waals surface area contributed by atoms with E-state index in [0.29, 0.717) is 36.8 Å². The van der Waals surface area contributed by atoms with Gasteiger partial charge in [0.15, 0.2) is 0 Å². The molecule has 1 N–H and O–H groups in total. The molecule has 1 aromatic heterocycles. The summed E-state index contributed by atoms with van der Waals surface area (Å²) in [5.74, 6) is 0.134. The van der Waals surface area contributed by atoms with E-state index in [4.69, 9.17) is 4.98 Å². The van der Waals surface area contributed by atoms with Gasteiger partial charge in [0.25, 0.3) is 5.91 Å². The van der Waals surface area contributed by atoms with E-state index >= 15 is 0 Å². The minimum absolute atomic E-state index is 0.0129. The first-order valence-electron chi connectivity index (χ1n) is 15.8. The van der Waals surface area contributed by atoms with Crippen molar-refractivity contribution in [1.82, 2.24) is 19.4 Å². The Hall–Kier alpha value is -3.97. The van der Waals surface area contributed by atoms with Crippen LogP contribution in [0.3, 0.4) is 0 Å². The SMILES string of the molecule is Cc1nc2ccccc2n1C1CC2CCC(C1)N2CCC1(c2ccccc2)CCN(C(=O)c2ccc(C(=O)O)cc2)CC1. The summed E-state index contributed by atoms with van der Waals surface area (Å²) >= 11 is 0. The van der Waals surface area contributed by atoms with Crippen LogP contribution in [-0.2, 0) is 5.41 Å². The van der Waals surface area contributed by atoms with Gasteiger partial charge in [-0.25, -0.2) is 9.78 Å². The summed E-state index contributed by atoms with van der Waals surface area (Å²) in [6.07, 6.45) is 7.86. The number of carboxylic acids is 1. The number of para-hydroxylation sites is 2. The summed E-state index contributed by atoms with van der Waals surface area (Å²) in [5, 5.41) is 9.21. The number of hydrogen-bond donors (Lipinski definition) is 1. The number of aromatic nitrogens is 2. The molecule has 7 heteroatoms. The third-order valence-electron chi connectivity index (χ3n) is 10.6. The fourth-order valence-electron chi connectivity index (χ4n) is 8.34. The molecule has 4 aromatic rings. The zero-order valence-corrected chi connectivity index (χ0v) is 24.9. The average Bonchev–Trinajstić information content (AvgIpc) is 3.50. The van der Waals surface area contributed by atoms with Crippen molar-refractivity contribution in [3.8, 4) is 0 Å². The monoisotopic (exact) mass is 576 g/mol. The van der Waals surface area contributed by atoms with Gasteiger partial charge in [0.2, 0.25) is 0 Å². The molecule has 2 unspecified atom stereocenters. The minimum atomic E-state index is -0.979. The van der Waals surface area contributed by atoms with Crippen LogP contribution in [0.2, 0.25) is 0 Å². The summed E-state index contributed by atoms with van der Waals surface area (Å²) in [6, 6.07) is 27.5. The second kappa shape index (κ2) is 11.3. The van der Waals surface area contributed by atoms with Gasteiger partial charge in [-0.05, 0) is 106 Å². The lowest BCUT2D eigenvalue weighted by atomic mass is 9.70. The highest BCUT2D eigenvalue weighted by Gasteiger charge is 2.44. The fourth-order valence-corrected chi connectivity index (χ4v) is 8.34. The van der Waals surface area contributed by atoms with Gasteiger partial charge in [-0.2, -0.15) is 0 Å². The maximum atomic E-state index is 13.3.